The number of hydrogen-bond acceptors (Lipinski definition) is 6. The van der Waals surface area contributed by atoms with Crippen LogP contribution in [0.1, 0.15) is 0 Å². The molecule has 2 rings (SSSR count). The Kier molecular flexibility index (Phi) is 8.18. The van der Waals surface area contributed by atoms with E-state index in [-0.39, 0.29) is 14.5 Å². The summed E-state index contributed by atoms with van der Waals surface area (Å²) in [6.07, 6.45) is 0. The van der Waals surface area contributed by atoms with Gasteiger partial charge in [-0.1, -0.05) is 46.4 Å². The minimum Gasteiger partial charge on any atom is -0.397 e. The molecule has 8 nitrogen and oxygen atoms in total. The fourth-order valence-corrected chi connectivity index (χ4v) is 3.13. The molecule has 0 radical (unpaired) electrons. The average molecular weight is 572 g/mol. The number of halogens is 6. The molecule has 0 fully saturated rings. The van der Waals surface area contributed by atoms with Crippen molar-refractivity contribution < 1.29 is 9.85 Å². The Bertz CT molecular complexity index is 888. The van der Waals surface area contributed by atoms with Crippen LogP contribution in [0.5, 0.6) is 0 Å². The first kappa shape index (κ1) is 23.0. The van der Waals surface area contributed by atoms with Crippen LogP contribution in [-0.4, -0.2) is 9.85 Å². The lowest BCUT2D eigenvalue weighted by Crippen LogP contribution is -1.98. The maximum Gasteiger partial charge on any atom is 0.365 e. The van der Waals surface area contributed by atoms with E-state index in [1.165, 1.54) is 0 Å². The molecule has 140 valence electrons. The van der Waals surface area contributed by atoms with E-state index in [2.05, 4.69) is 31.9 Å². The van der Waals surface area contributed by atoms with Crippen molar-refractivity contribution in [1.82, 2.24) is 0 Å². The van der Waals surface area contributed by atoms with Crippen molar-refractivity contribution in [1.29, 1.82) is 0 Å². The summed E-state index contributed by atoms with van der Waals surface area (Å²) < 4.78 is 0.635. The van der Waals surface area contributed by atoms with Gasteiger partial charge in [-0.25, -0.2) is 0 Å². The molecule has 4 N–H and O–H groups in total. The second-order valence-corrected chi connectivity index (χ2v) is 7.51. The highest BCUT2D eigenvalue weighted by Gasteiger charge is 2.31. The molecule has 0 unspecified atom stereocenters. The number of benzene rings is 2. The van der Waals surface area contributed by atoms with Crippen LogP contribution in [0, 0.1) is 20.2 Å². The molecule has 26 heavy (non-hydrogen) atoms. The van der Waals surface area contributed by atoms with Gasteiger partial charge in [0.25, 0.3) is 0 Å². The number of nitro groups is 2. The van der Waals surface area contributed by atoms with E-state index in [4.69, 9.17) is 57.9 Å². The maximum absolute atomic E-state index is 10.6. The van der Waals surface area contributed by atoms with Gasteiger partial charge < -0.3 is 11.5 Å². The lowest BCUT2D eigenvalue weighted by molar-refractivity contribution is -0.422. The summed E-state index contributed by atoms with van der Waals surface area (Å²) >= 11 is 28.7. The van der Waals surface area contributed by atoms with E-state index in [1.807, 2.05) is 0 Å². The van der Waals surface area contributed by atoms with Crippen LogP contribution in [0.2, 0.25) is 20.1 Å². The Morgan fingerprint density at radius 3 is 1.77 bits per heavy atom. The smallest absolute Gasteiger partial charge is 0.365 e. The molecular formula is C12H6Br2Cl4N4O4. The number of nitro benzene ring substituents is 2. The number of nitrogens with two attached hydrogens (primary N) is 2. The fraction of sp³-hybridized carbons (Fsp3) is 0. The standard InChI is InChI=1S/C6HBrCl2N2O4.C6H5BrCl2N2/c7-4-2(8)1-3(10(12)13)6(5(4)9)11(14)15;7-4-2(8)1-3(10)6(11)5(4)9/h1H;1H,10-11H2. The van der Waals surface area contributed by atoms with Gasteiger partial charge in [-0.3, -0.25) is 20.2 Å². The van der Waals surface area contributed by atoms with Crippen molar-refractivity contribution >= 4 is 101 Å². The normalized spacial score (nSPS) is 10.1. The number of nitrogens with zero attached hydrogens (tertiary/aromatic N) is 2. The predicted octanol–water partition coefficient (Wildman–Crippen LogP) is 6.49. The summed E-state index contributed by atoms with van der Waals surface area (Å²) in [5.74, 6) is 0. The molecule has 0 bridgehead atoms. The highest BCUT2D eigenvalue weighted by Crippen LogP contribution is 2.43. The Morgan fingerprint density at radius 1 is 0.846 bits per heavy atom. The van der Waals surface area contributed by atoms with Gasteiger partial charge in [-0.2, -0.15) is 0 Å². The van der Waals surface area contributed by atoms with E-state index >= 15 is 0 Å². The number of anilines is 2. The van der Waals surface area contributed by atoms with Gasteiger partial charge in [-0.05, 0) is 37.9 Å². The molecule has 0 atom stereocenters. The summed E-state index contributed by atoms with van der Waals surface area (Å²) in [5, 5.41) is 21.4. The first-order chi connectivity index (χ1) is 11.9. The fourth-order valence-electron chi connectivity index (χ4n) is 1.51. The molecule has 14 heteroatoms. The first-order valence-corrected chi connectivity index (χ1v) is 9.14. The van der Waals surface area contributed by atoms with Crippen LogP contribution in [0.15, 0.2) is 21.1 Å². The largest absolute Gasteiger partial charge is 0.397 e. The lowest BCUT2D eigenvalue weighted by atomic mass is 10.3. The molecule has 0 aromatic heterocycles. The minimum atomic E-state index is -0.929. The molecule has 0 heterocycles. The second-order valence-electron chi connectivity index (χ2n) is 4.36. The molecule has 0 amide bonds. The molecule has 0 aliphatic heterocycles. The average Bonchev–Trinajstić information content (AvgIpc) is 2.55. The highest BCUT2D eigenvalue weighted by molar-refractivity contribution is 9.11. The third-order valence-electron chi connectivity index (χ3n) is 2.73. The van der Waals surface area contributed by atoms with Crippen molar-refractivity contribution in [3.8, 4) is 0 Å². The Labute approximate surface area is 182 Å². The van der Waals surface area contributed by atoms with Gasteiger partial charge in [0.05, 0.1) is 45.2 Å². The van der Waals surface area contributed by atoms with Crippen LogP contribution in [-0.2, 0) is 0 Å². The van der Waals surface area contributed by atoms with E-state index < -0.39 is 21.2 Å². The van der Waals surface area contributed by atoms with E-state index in [0.29, 0.717) is 25.9 Å². The molecule has 0 saturated heterocycles. The Hall–Kier alpha value is -1.04. The van der Waals surface area contributed by atoms with Crippen LogP contribution >= 0.6 is 78.3 Å². The third kappa shape index (κ3) is 5.02. The van der Waals surface area contributed by atoms with Crippen molar-refractivity contribution in [2.75, 3.05) is 11.5 Å². The van der Waals surface area contributed by atoms with Crippen molar-refractivity contribution in [2.45, 2.75) is 0 Å². The summed E-state index contributed by atoms with van der Waals surface area (Å²) in [6.45, 7) is 0. The maximum atomic E-state index is 10.6. The molecular weight excluding hydrogens is 566 g/mol. The second kappa shape index (κ2) is 9.25. The van der Waals surface area contributed by atoms with Gasteiger partial charge in [0.15, 0.2) is 0 Å². The summed E-state index contributed by atoms with van der Waals surface area (Å²) in [7, 11) is 0. The van der Waals surface area contributed by atoms with E-state index in [0.717, 1.165) is 6.07 Å². The van der Waals surface area contributed by atoms with Crippen molar-refractivity contribution in [3.63, 3.8) is 0 Å². The topological polar surface area (TPSA) is 138 Å². The van der Waals surface area contributed by atoms with Gasteiger partial charge in [0.1, 0.15) is 5.02 Å². The number of hydrogen-bond donors (Lipinski definition) is 2. The molecule has 2 aromatic rings. The quantitative estimate of drug-likeness (QED) is 0.183. The monoisotopic (exact) mass is 568 g/mol. The Balaban J connectivity index is 0.000000273. The molecule has 0 saturated carbocycles. The highest BCUT2D eigenvalue weighted by atomic mass is 79.9. The third-order valence-corrected chi connectivity index (χ3v) is 6.64. The summed E-state index contributed by atoms with van der Waals surface area (Å²) in [4.78, 5) is 19.2. The van der Waals surface area contributed by atoms with Crippen LogP contribution in [0.4, 0.5) is 22.7 Å². The van der Waals surface area contributed by atoms with Gasteiger partial charge in [-0.15, -0.1) is 0 Å². The van der Waals surface area contributed by atoms with E-state index in [9.17, 15) is 20.2 Å². The van der Waals surface area contributed by atoms with Crippen molar-refractivity contribution in [2.24, 2.45) is 0 Å². The minimum absolute atomic E-state index is 0.0581. The van der Waals surface area contributed by atoms with Gasteiger partial charge >= 0.3 is 11.4 Å². The number of rotatable bonds is 2. The van der Waals surface area contributed by atoms with Crippen LogP contribution in [0.25, 0.3) is 0 Å². The molecule has 0 aliphatic rings. The summed E-state index contributed by atoms with van der Waals surface area (Å²) in [5.41, 5.74) is 10.2. The van der Waals surface area contributed by atoms with Crippen LogP contribution < -0.4 is 11.5 Å². The summed E-state index contributed by atoms with van der Waals surface area (Å²) in [6, 6.07) is 2.42. The zero-order chi connectivity index (χ0) is 20.3. The van der Waals surface area contributed by atoms with Crippen molar-refractivity contribution in [3.05, 3.63) is 61.4 Å². The first-order valence-electron chi connectivity index (χ1n) is 6.04. The zero-order valence-corrected chi connectivity index (χ0v) is 18.3. The van der Waals surface area contributed by atoms with Gasteiger partial charge in [0, 0.05) is 6.07 Å². The lowest BCUT2D eigenvalue weighted by Gasteiger charge is -2.05. The van der Waals surface area contributed by atoms with Gasteiger partial charge in [0.2, 0.25) is 0 Å². The predicted molar refractivity (Wildman–Crippen MR) is 110 cm³/mol. The molecule has 0 spiro atoms. The SMILES string of the molecule is Nc1cc(Cl)c(Br)c(Cl)c1N.O=[N+]([O-])c1cc(Cl)c(Br)c(Cl)c1[N+](=O)[O-]. The Morgan fingerprint density at radius 2 is 1.31 bits per heavy atom. The zero-order valence-electron chi connectivity index (χ0n) is 12.1. The van der Waals surface area contributed by atoms with Crippen LogP contribution in [0.3, 0.4) is 0 Å². The number of nitrogen functional groups attached to an aromatic ring is 2. The van der Waals surface area contributed by atoms with E-state index in [1.54, 1.807) is 6.07 Å². The molecule has 0 aliphatic carbocycles. The molecule has 2 aromatic carbocycles.